The highest BCUT2D eigenvalue weighted by molar-refractivity contribution is 9.10. The second kappa shape index (κ2) is 4.34. The Hall–Kier alpha value is -1.36. The molecule has 1 aliphatic heterocycles. The third-order valence-electron chi connectivity index (χ3n) is 4.10. The van der Waals surface area contributed by atoms with Crippen molar-refractivity contribution in [3.63, 3.8) is 0 Å². The molecule has 4 nitrogen and oxygen atoms in total. The first kappa shape index (κ1) is 12.7. The van der Waals surface area contributed by atoms with Gasteiger partial charge in [0, 0.05) is 11.5 Å². The number of rotatable bonds is 0. The van der Waals surface area contributed by atoms with Crippen molar-refractivity contribution >= 4 is 27.8 Å². The Morgan fingerprint density at radius 1 is 1.47 bits per heavy atom. The van der Waals surface area contributed by atoms with E-state index in [9.17, 15) is 4.79 Å². The summed E-state index contributed by atoms with van der Waals surface area (Å²) in [6, 6.07) is 6.25. The van der Waals surface area contributed by atoms with E-state index in [1.807, 2.05) is 6.07 Å². The number of amides is 1. The van der Waals surface area contributed by atoms with Crippen molar-refractivity contribution in [2.75, 3.05) is 7.05 Å². The standard InChI is InChI=1S/C14H16BrN3O/c1-18-12(19)8-14(17-13(18)16)6-2-3-9-4-5-10(15)7-11(9)14/h4-5,7H,2-3,6,8H2,1H3,(H2,16,17)/t14-/m0/s1. The van der Waals surface area contributed by atoms with Gasteiger partial charge in [0.1, 0.15) is 0 Å². The van der Waals surface area contributed by atoms with Crippen molar-refractivity contribution in [1.29, 1.82) is 0 Å². The highest BCUT2D eigenvalue weighted by atomic mass is 79.9. The lowest BCUT2D eigenvalue weighted by atomic mass is 9.74. The number of carbonyl (C=O) groups excluding carboxylic acids is 1. The predicted octanol–water partition coefficient (Wildman–Crippen LogP) is 2.16. The molecule has 1 aromatic carbocycles. The van der Waals surface area contributed by atoms with Crippen molar-refractivity contribution in [3.05, 3.63) is 33.8 Å². The Morgan fingerprint density at radius 2 is 2.26 bits per heavy atom. The lowest BCUT2D eigenvalue weighted by molar-refractivity contribution is -0.128. The molecule has 3 rings (SSSR count). The van der Waals surface area contributed by atoms with E-state index < -0.39 is 5.54 Å². The van der Waals surface area contributed by atoms with E-state index in [0.29, 0.717) is 12.4 Å². The maximum absolute atomic E-state index is 12.1. The summed E-state index contributed by atoms with van der Waals surface area (Å²) in [4.78, 5) is 18.2. The Balaban J connectivity index is 2.17. The molecule has 0 bridgehead atoms. The van der Waals surface area contributed by atoms with Crippen LogP contribution in [0.4, 0.5) is 0 Å². The average Bonchev–Trinajstić information content (AvgIpc) is 2.37. The van der Waals surface area contributed by atoms with Gasteiger partial charge >= 0.3 is 0 Å². The molecule has 5 heteroatoms. The first-order chi connectivity index (χ1) is 9.02. The van der Waals surface area contributed by atoms with Gasteiger partial charge < -0.3 is 5.73 Å². The van der Waals surface area contributed by atoms with Gasteiger partial charge in [-0.15, -0.1) is 0 Å². The van der Waals surface area contributed by atoms with Crippen LogP contribution in [0.3, 0.4) is 0 Å². The Kier molecular flexibility index (Phi) is 2.89. The van der Waals surface area contributed by atoms with Gasteiger partial charge in [0.25, 0.3) is 0 Å². The van der Waals surface area contributed by atoms with Crippen LogP contribution >= 0.6 is 15.9 Å². The predicted molar refractivity (Wildman–Crippen MR) is 77.8 cm³/mol. The van der Waals surface area contributed by atoms with Crippen LogP contribution in [0.2, 0.25) is 0 Å². The maximum Gasteiger partial charge on any atom is 0.231 e. The van der Waals surface area contributed by atoms with Gasteiger partial charge in [-0.3, -0.25) is 9.69 Å². The van der Waals surface area contributed by atoms with Crippen LogP contribution in [0, 0.1) is 0 Å². The SMILES string of the molecule is CN1C(=O)C[C@]2(CCCc3ccc(Br)cc32)N=C1N. The van der Waals surface area contributed by atoms with Crippen molar-refractivity contribution in [2.24, 2.45) is 10.7 Å². The number of nitrogens with two attached hydrogens (primary N) is 1. The van der Waals surface area contributed by atoms with Gasteiger partial charge in [-0.05, 0) is 42.5 Å². The first-order valence-electron chi connectivity index (χ1n) is 6.43. The fourth-order valence-electron chi connectivity index (χ4n) is 3.04. The number of aryl methyl sites for hydroxylation is 1. The minimum absolute atomic E-state index is 0.0420. The molecular formula is C14H16BrN3O. The minimum atomic E-state index is -0.453. The lowest BCUT2D eigenvalue weighted by Gasteiger charge is -2.40. The van der Waals surface area contributed by atoms with Gasteiger partial charge in [0.2, 0.25) is 5.91 Å². The largest absolute Gasteiger partial charge is 0.369 e. The third kappa shape index (κ3) is 1.96. The Morgan fingerprint density at radius 3 is 3.00 bits per heavy atom. The second-order valence-electron chi connectivity index (χ2n) is 5.29. The van der Waals surface area contributed by atoms with E-state index >= 15 is 0 Å². The van der Waals surface area contributed by atoms with Crippen LogP contribution in [0.15, 0.2) is 27.7 Å². The number of halogens is 1. The number of carbonyl (C=O) groups is 1. The molecule has 1 heterocycles. The molecule has 0 saturated carbocycles. The highest BCUT2D eigenvalue weighted by Crippen LogP contribution is 2.44. The molecule has 19 heavy (non-hydrogen) atoms. The fraction of sp³-hybridized carbons (Fsp3) is 0.429. The summed E-state index contributed by atoms with van der Waals surface area (Å²) in [5.41, 5.74) is 7.89. The van der Waals surface area contributed by atoms with E-state index in [1.54, 1.807) is 7.05 Å². The summed E-state index contributed by atoms with van der Waals surface area (Å²) < 4.78 is 1.02. The van der Waals surface area contributed by atoms with Crippen LogP contribution in [0.5, 0.6) is 0 Å². The Labute approximate surface area is 120 Å². The number of guanidine groups is 1. The molecule has 100 valence electrons. The molecule has 0 radical (unpaired) electrons. The fourth-order valence-corrected chi connectivity index (χ4v) is 3.40. The molecular weight excluding hydrogens is 306 g/mol. The van der Waals surface area contributed by atoms with E-state index in [-0.39, 0.29) is 5.91 Å². The number of nitrogens with zero attached hydrogens (tertiary/aromatic N) is 2. The molecule has 0 aromatic heterocycles. The van der Waals surface area contributed by atoms with E-state index in [4.69, 9.17) is 5.73 Å². The second-order valence-corrected chi connectivity index (χ2v) is 6.20. The molecule has 1 aliphatic carbocycles. The molecule has 0 saturated heterocycles. The maximum atomic E-state index is 12.1. The lowest BCUT2D eigenvalue weighted by Crippen LogP contribution is -2.49. The molecule has 1 atom stereocenters. The zero-order valence-corrected chi connectivity index (χ0v) is 12.4. The van der Waals surface area contributed by atoms with Crippen LogP contribution in [-0.4, -0.2) is 23.8 Å². The summed E-state index contributed by atoms with van der Waals surface area (Å²) in [7, 11) is 1.68. The van der Waals surface area contributed by atoms with Crippen molar-refractivity contribution < 1.29 is 4.79 Å². The minimum Gasteiger partial charge on any atom is -0.369 e. The highest BCUT2D eigenvalue weighted by Gasteiger charge is 2.42. The first-order valence-corrected chi connectivity index (χ1v) is 7.22. The van der Waals surface area contributed by atoms with Gasteiger partial charge in [-0.25, -0.2) is 4.99 Å². The van der Waals surface area contributed by atoms with E-state index in [2.05, 4.69) is 33.1 Å². The zero-order valence-electron chi connectivity index (χ0n) is 10.8. The average molecular weight is 322 g/mol. The van der Waals surface area contributed by atoms with Gasteiger partial charge in [-0.2, -0.15) is 0 Å². The van der Waals surface area contributed by atoms with Crippen molar-refractivity contribution in [1.82, 2.24) is 4.90 Å². The summed E-state index contributed by atoms with van der Waals surface area (Å²) in [5, 5.41) is 0. The topological polar surface area (TPSA) is 58.7 Å². The molecule has 1 spiro atoms. The van der Waals surface area contributed by atoms with Gasteiger partial charge in [-0.1, -0.05) is 22.0 Å². The number of hydrogen-bond acceptors (Lipinski definition) is 3. The van der Waals surface area contributed by atoms with Crippen molar-refractivity contribution in [2.45, 2.75) is 31.2 Å². The molecule has 2 N–H and O–H groups in total. The summed E-state index contributed by atoms with van der Waals surface area (Å²) in [6.07, 6.45) is 3.39. The normalized spacial score (nSPS) is 26.3. The molecule has 2 aliphatic rings. The Bertz CT molecular complexity index is 584. The number of benzene rings is 1. The van der Waals surface area contributed by atoms with Crippen LogP contribution in [0.1, 0.15) is 30.4 Å². The number of hydrogen-bond donors (Lipinski definition) is 1. The summed E-state index contributed by atoms with van der Waals surface area (Å²) in [5.74, 6) is 0.365. The smallest absolute Gasteiger partial charge is 0.231 e. The number of fused-ring (bicyclic) bond motifs is 2. The van der Waals surface area contributed by atoms with Crippen LogP contribution in [-0.2, 0) is 16.8 Å². The number of aliphatic imine (C=N–C) groups is 1. The summed E-state index contributed by atoms with van der Waals surface area (Å²) >= 11 is 3.51. The third-order valence-corrected chi connectivity index (χ3v) is 4.59. The zero-order chi connectivity index (χ0) is 13.6. The molecule has 1 amide bonds. The van der Waals surface area contributed by atoms with Gasteiger partial charge in [0.05, 0.1) is 12.0 Å². The van der Waals surface area contributed by atoms with E-state index in [0.717, 1.165) is 29.3 Å². The van der Waals surface area contributed by atoms with Crippen molar-refractivity contribution in [3.8, 4) is 0 Å². The molecule has 0 fully saturated rings. The monoisotopic (exact) mass is 321 g/mol. The quantitative estimate of drug-likeness (QED) is 0.796. The summed E-state index contributed by atoms with van der Waals surface area (Å²) in [6.45, 7) is 0. The van der Waals surface area contributed by atoms with Crippen LogP contribution in [0.25, 0.3) is 0 Å². The van der Waals surface area contributed by atoms with E-state index in [1.165, 1.54) is 10.5 Å². The molecule has 1 aromatic rings. The van der Waals surface area contributed by atoms with Crippen LogP contribution < -0.4 is 5.73 Å². The van der Waals surface area contributed by atoms with Gasteiger partial charge in [0.15, 0.2) is 5.96 Å². The molecule has 0 unspecified atom stereocenters.